The van der Waals surface area contributed by atoms with E-state index in [0.29, 0.717) is 5.56 Å². The number of carbonyl (C=O) groups is 1. The molecule has 17 heavy (non-hydrogen) atoms. The lowest BCUT2D eigenvalue weighted by atomic mass is 9.97. The van der Waals surface area contributed by atoms with Crippen molar-refractivity contribution in [2.24, 2.45) is 5.73 Å². The van der Waals surface area contributed by atoms with E-state index < -0.39 is 0 Å². The first-order chi connectivity index (χ1) is 7.93. The fraction of sp³-hybridized carbons (Fsp3) is 0.357. The maximum Gasteiger partial charge on any atom is 0.176 e. The summed E-state index contributed by atoms with van der Waals surface area (Å²) in [4.78, 5) is 11.6. The molecule has 3 nitrogen and oxygen atoms in total. The van der Waals surface area contributed by atoms with Crippen LogP contribution in [-0.4, -0.2) is 17.9 Å². The largest absolute Gasteiger partial charge is 0.483 e. The molecule has 1 aromatic carbocycles. The van der Waals surface area contributed by atoms with Gasteiger partial charge in [0.15, 0.2) is 5.78 Å². The monoisotopic (exact) mass is 231 g/mol. The van der Waals surface area contributed by atoms with Crippen LogP contribution in [-0.2, 0) is 0 Å². The second-order valence-corrected chi connectivity index (χ2v) is 4.88. The van der Waals surface area contributed by atoms with Crippen molar-refractivity contribution in [1.29, 1.82) is 0 Å². The summed E-state index contributed by atoms with van der Waals surface area (Å²) >= 11 is 0. The molecule has 1 heterocycles. The lowest BCUT2D eigenvalue weighted by Gasteiger charge is -2.29. The average molecular weight is 231 g/mol. The Morgan fingerprint density at radius 1 is 1.41 bits per heavy atom. The molecule has 0 bridgehead atoms. The molecule has 1 aliphatic heterocycles. The van der Waals surface area contributed by atoms with Gasteiger partial charge < -0.3 is 10.5 Å². The summed E-state index contributed by atoms with van der Waals surface area (Å²) in [7, 11) is 0. The number of ketones is 1. The molecule has 0 aromatic heterocycles. The molecule has 0 fully saturated rings. The Morgan fingerprint density at radius 3 is 2.76 bits per heavy atom. The fourth-order valence-electron chi connectivity index (χ4n) is 1.93. The zero-order valence-corrected chi connectivity index (χ0v) is 10.4. The van der Waals surface area contributed by atoms with Crippen molar-refractivity contribution in [1.82, 2.24) is 0 Å². The van der Waals surface area contributed by atoms with Crippen molar-refractivity contribution in [3.05, 3.63) is 34.9 Å². The van der Waals surface area contributed by atoms with Gasteiger partial charge in [0.25, 0.3) is 0 Å². The lowest BCUT2D eigenvalue weighted by molar-refractivity contribution is 0.100. The van der Waals surface area contributed by atoms with Crippen LogP contribution in [0.25, 0.3) is 6.08 Å². The third kappa shape index (κ3) is 2.24. The van der Waals surface area contributed by atoms with Gasteiger partial charge in [-0.1, -0.05) is 6.08 Å². The van der Waals surface area contributed by atoms with Crippen molar-refractivity contribution in [3.63, 3.8) is 0 Å². The number of Topliss-reactive ketones (excluding diaryl/α,β-unsaturated/α-hetero) is 1. The van der Waals surface area contributed by atoms with Crippen LogP contribution in [0, 0.1) is 6.92 Å². The number of aryl methyl sites for hydroxylation is 1. The Labute approximate surface area is 101 Å². The Bertz CT molecular complexity index is 501. The molecule has 2 N–H and O–H groups in total. The van der Waals surface area contributed by atoms with Gasteiger partial charge >= 0.3 is 0 Å². The van der Waals surface area contributed by atoms with Crippen LogP contribution in [0.2, 0.25) is 0 Å². The first kappa shape index (κ1) is 11.9. The van der Waals surface area contributed by atoms with Gasteiger partial charge in [-0.3, -0.25) is 4.79 Å². The minimum absolute atomic E-state index is 0.0360. The summed E-state index contributed by atoms with van der Waals surface area (Å²) < 4.78 is 5.89. The number of nitrogens with two attached hydrogens (primary N) is 1. The van der Waals surface area contributed by atoms with Gasteiger partial charge in [0.2, 0.25) is 0 Å². The molecule has 0 spiro atoms. The number of fused-ring (bicyclic) bond motifs is 1. The minimum Gasteiger partial charge on any atom is -0.483 e. The third-order valence-electron chi connectivity index (χ3n) is 2.84. The number of benzene rings is 1. The highest BCUT2D eigenvalue weighted by Crippen LogP contribution is 2.34. The molecule has 0 amide bonds. The van der Waals surface area contributed by atoms with E-state index in [-0.39, 0.29) is 17.9 Å². The number of hydrogen-bond acceptors (Lipinski definition) is 3. The SMILES string of the molecule is Cc1cc(C(=O)CN)cc2c1OC(C)(C)C=C2. The van der Waals surface area contributed by atoms with E-state index >= 15 is 0 Å². The van der Waals surface area contributed by atoms with E-state index in [2.05, 4.69) is 0 Å². The summed E-state index contributed by atoms with van der Waals surface area (Å²) in [5.74, 6) is 0.806. The molecule has 0 saturated carbocycles. The zero-order chi connectivity index (χ0) is 12.6. The van der Waals surface area contributed by atoms with Crippen LogP contribution >= 0.6 is 0 Å². The predicted octanol–water partition coefficient (Wildman–Crippen LogP) is 2.32. The van der Waals surface area contributed by atoms with Gasteiger partial charge in [0.1, 0.15) is 11.4 Å². The van der Waals surface area contributed by atoms with Crippen LogP contribution in [0.15, 0.2) is 18.2 Å². The smallest absolute Gasteiger partial charge is 0.176 e. The second kappa shape index (κ2) is 4.00. The molecule has 1 aliphatic rings. The summed E-state index contributed by atoms with van der Waals surface area (Å²) in [5, 5.41) is 0. The van der Waals surface area contributed by atoms with Crippen LogP contribution in [0.1, 0.15) is 35.3 Å². The van der Waals surface area contributed by atoms with Crippen LogP contribution in [0.3, 0.4) is 0 Å². The van der Waals surface area contributed by atoms with E-state index in [1.54, 1.807) is 0 Å². The van der Waals surface area contributed by atoms with Gasteiger partial charge in [-0.05, 0) is 44.5 Å². The Balaban J connectivity index is 2.50. The van der Waals surface area contributed by atoms with Gasteiger partial charge in [-0.15, -0.1) is 0 Å². The van der Waals surface area contributed by atoms with Crippen LogP contribution in [0.4, 0.5) is 0 Å². The van der Waals surface area contributed by atoms with Crippen molar-refractivity contribution in [3.8, 4) is 5.75 Å². The Morgan fingerprint density at radius 2 is 2.12 bits per heavy atom. The number of ether oxygens (including phenoxy) is 1. The molecule has 3 heteroatoms. The van der Waals surface area contributed by atoms with Crippen molar-refractivity contribution in [2.45, 2.75) is 26.4 Å². The number of rotatable bonds is 2. The lowest BCUT2D eigenvalue weighted by Crippen LogP contribution is -2.28. The first-order valence-electron chi connectivity index (χ1n) is 5.69. The normalized spacial score (nSPS) is 16.2. The number of carbonyl (C=O) groups excluding carboxylic acids is 1. The van der Waals surface area contributed by atoms with E-state index in [1.807, 2.05) is 45.1 Å². The first-order valence-corrected chi connectivity index (χ1v) is 5.69. The third-order valence-corrected chi connectivity index (χ3v) is 2.84. The maximum absolute atomic E-state index is 11.6. The molecular weight excluding hydrogens is 214 g/mol. The molecule has 1 aromatic rings. The van der Waals surface area contributed by atoms with Gasteiger partial charge in [0, 0.05) is 11.1 Å². The Kier molecular flexibility index (Phi) is 2.79. The highest BCUT2D eigenvalue weighted by Gasteiger charge is 2.23. The van der Waals surface area contributed by atoms with Gasteiger partial charge in [-0.2, -0.15) is 0 Å². The summed E-state index contributed by atoms with van der Waals surface area (Å²) in [6, 6.07) is 3.67. The zero-order valence-electron chi connectivity index (χ0n) is 10.4. The number of hydrogen-bond donors (Lipinski definition) is 1. The average Bonchev–Trinajstić information content (AvgIpc) is 2.28. The molecule has 90 valence electrons. The second-order valence-electron chi connectivity index (χ2n) is 4.88. The minimum atomic E-state index is -0.294. The van der Waals surface area contributed by atoms with Crippen molar-refractivity contribution < 1.29 is 9.53 Å². The van der Waals surface area contributed by atoms with E-state index in [0.717, 1.165) is 16.9 Å². The topological polar surface area (TPSA) is 52.3 Å². The van der Waals surface area contributed by atoms with Gasteiger partial charge in [0.05, 0.1) is 6.54 Å². The Hall–Kier alpha value is -1.61. The maximum atomic E-state index is 11.6. The highest BCUT2D eigenvalue weighted by molar-refractivity contribution is 5.98. The van der Waals surface area contributed by atoms with E-state index in [1.165, 1.54) is 0 Å². The predicted molar refractivity (Wildman–Crippen MR) is 68.3 cm³/mol. The molecular formula is C14H17NO2. The van der Waals surface area contributed by atoms with Crippen molar-refractivity contribution >= 4 is 11.9 Å². The van der Waals surface area contributed by atoms with Crippen LogP contribution < -0.4 is 10.5 Å². The fourth-order valence-corrected chi connectivity index (χ4v) is 1.93. The molecule has 0 unspecified atom stereocenters. The molecule has 0 saturated heterocycles. The molecule has 0 radical (unpaired) electrons. The molecule has 0 aliphatic carbocycles. The van der Waals surface area contributed by atoms with Crippen LogP contribution in [0.5, 0.6) is 5.75 Å². The highest BCUT2D eigenvalue weighted by atomic mass is 16.5. The molecule has 2 rings (SSSR count). The summed E-state index contributed by atoms with van der Waals surface area (Å²) in [6.45, 7) is 5.99. The quantitative estimate of drug-likeness (QED) is 0.795. The standard InChI is InChI=1S/C14H17NO2/c1-9-6-11(12(16)8-15)7-10-4-5-14(2,3)17-13(9)10/h4-7H,8,15H2,1-3H3. The van der Waals surface area contributed by atoms with E-state index in [9.17, 15) is 4.79 Å². The van der Waals surface area contributed by atoms with Gasteiger partial charge in [-0.25, -0.2) is 0 Å². The van der Waals surface area contributed by atoms with E-state index in [4.69, 9.17) is 10.5 Å². The summed E-state index contributed by atoms with van der Waals surface area (Å²) in [5.41, 5.74) is 7.64. The summed E-state index contributed by atoms with van der Waals surface area (Å²) in [6.07, 6.45) is 3.99. The molecule has 0 atom stereocenters. The van der Waals surface area contributed by atoms with Crippen molar-refractivity contribution in [2.75, 3.05) is 6.54 Å².